The number of nitrogens with zero attached hydrogens (tertiary/aromatic N) is 3. The molecule has 2 aromatic heterocycles. The fraction of sp³-hybridized carbons (Fsp3) is 0.167. The van der Waals surface area contributed by atoms with Crippen molar-refractivity contribution >= 4 is 11.7 Å². The van der Waals surface area contributed by atoms with Gasteiger partial charge in [-0.25, -0.2) is 4.98 Å². The molecule has 0 aliphatic rings. The number of anilines is 1. The van der Waals surface area contributed by atoms with E-state index in [1.807, 2.05) is 0 Å². The molecule has 2 heterocycles. The lowest BCUT2D eigenvalue weighted by molar-refractivity contribution is 0.102. The molecule has 0 atom stereocenters. The molecule has 0 saturated heterocycles. The number of hydrogen-bond acceptors (Lipinski definition) is 5. The van der Waals surface area contributed by atoms with E-state index < -0.39 is 5.91 Å². The topological polar surface area (TPSA) is 104 Å². The molecule has 2 aromatic rings. The molecule has 3 N–H and O–H groups in total. The molecule has 96 valence electrons. The minimum atomic E-state index is -0.401. The second-order valence-electron chi connectivity index (χ2n) is 3.49. The maximum Gasteiger partial charge on any atom is 0.278 e. The largest absolute Gasteiger partial charge is 0.395 e. The first-order chi connectivity index (χ1) is 9.29. The summed E-state index contributed by atoms with van der Waals surface area (Å²) in [7, 11) is 0. The number of pyridine rings is 1. The molecular weight excluding hydrogens is 246 g/mol. The van der Waals surface area contributed by atoms with E-state index in [0.717, 1.165) is 0 Å². The fourth-order valence-electron chi connectivity index (χ4n) is 1.27. The van der Waals surface area contributed by atoms with Crippen molar-refractivity contribution in [1.82, 2.24) is 20.4 Å². The van der Waals surface area contributed by atoms with Crippen molar-refractivity contribution < 1.29 is 9.90 Å². The SMILES string of the molecule is O=C(Nc1cccc(C#CCCO)n1)c1cn[nH]n1. The van der Waals surface area contributed by atoms with Gasteiger partial charge in [0.15, 0.2) is 5.69 Å². The quantitative estimate of drug-likeness (QED) is 0.681. The Hall–Kier alpha value is -2.72. The molecule has 0 bridgehead atoms. The lowest BCUT2D eigenvalue weighted by atomic mass is 10.3. The fourth-order valence-corrected chi connectivity index (χ4v) is 1.27. The zero-order chi connectivity index (χ0) is 13.5. The van der Waals surface area contributed by atoms with Crippen LogP contribution in [0.2, 0.25) is 0 Å². The van der Waals surface area contributed by atoms with Crippen LogP contribution in [-0.2, 0) is 0 Å². The Morgan fingerprint density at radius 2 is 2.37 bits per heavy atom. The van der Waals surface area contributed by atoms with Crippen LogP contribution in [0.15, 0.2) is 24.4 Å². The highest BCUT2D eigenvalue weighted by molar-refractivity contribution is 6.01. The molecule has 1 amide bonds. The zero-order valence-electron chi connectivity index (χ0n) is 9.92. The third-order valence-corrected chi connectivity index (χ3v) is 2.09. The number of aromatic nitrogens is 4. The van der Waals surface area contributed by atoms with Crippen molar-refractivity contribution in [1.29, 1.82) is 0 Å². The van der Waals surface area contributed by atoms with E-state index >= 15 is 0 Å². The van der Waals surface area contributed by atoms with Gasteiger partial charge in [0.1, 0.15) is 11.5 Å². The van der Waals surface area contributed by atoms with Crippen molar-refractivity contribution in [3.05, 3.63) is 35.8 Å². The summed E-state index contributed by atoms with van der Waals surface area (Å²) in [5.41, 5.74) is 0.699. The normalized spacial score (nSPS) is 9.53. The van der Waals surface area contributed by atoms with Gasteiger partial charge in [-0.3, -0.25) is 4.79 Å². The highest BCUT2D eigenvalue weighted by atomic mass is 16.2. The van der Waals surface area contributed by atoms with E-state index in [4.69, 9.17) is 5.11 Å². The number of rotatable bonds is 3. The van der Waals surface area contributed by atoms with Crippen LogP contribution in [0.3, 0.4) is 0 Å². The van der Waals surface area contributed by atoms with Gasteiger partial charge < -0.3 is 10.4 Å². The Morgan fingerprint density at radius 1 is 1.47 bits per heavy atom. The second-order valence-corrected chi connectivity index (χ2v) is 3.49. The predicted molar refractivity (Wildman–Crippen MR) is 67.2 cm³/mol. The molecule has 0 radical (unpaired) electrons. The van der Waals surface area contributed by atoms with Crippen molar-refractivity contribution in [2.75, 3.05) is 11.9 Å². The van der Waals surface area contributed by atoms with Gasteiger partial charge in [0.25, 0.3) is 5.91 Å². The monoisotopic (exact) mass is 257 g/mol. The number of aromatic amines is 1. The average Bonchev–Trinajstić information content (AvgIpc) is 2.93. The molecule has 7 heteroatoms. The van der Waals surface area contributed by atoms with Crippen LogP contribution in [0.5, 0.6) is 0 Å². The number of H-pyrrole nitrogens is 1. The molecule has 0 unspecified atom stereocenters. The number of nitrogens with one attached hydrogen (secondary N) is 2. The van der Waals surface area contributed by atoms with Crippen molar-refractivity contribution in [2.45, 2.75) is 6.42 Å². The van der Waals surface area contributed by atoms with Gasteiger partial charge >= 0.3 is 0 Å². The first-order valence-electron chi connectivity index (χ1n) is 5.53. The van der Waals surface area contributed by atoms with E-state index in [-0.39, 0.29) is 12.3 Å². The Balaban J connectivity index is 2.07. The summed E-state index contributed by atoms with van der Waals surface area (Å²) in [6.07, 6.45) is 1.71. The van der Waals surface area contributed by atoms with E-state index in [9.17, 15) is 4.79 Å². The lowest BCUT2D eigenvalue weighted by Gasteiger charge is -2.01. The van der Waals surface area contributed by atoms with Gasteiger partial charge in [-0.1, -0.05) is 12.0 Å². The maximum absolute atomic E-state index is 11.7. The van der Waals surface area contributed by atoms with Crippen LogP contribution >= 0.6 is 0 Å². The summed E-state index contributed by atoms with van der Waals surface area (Å²) < 4.78 is 0. The molecule has 0 spiro atoms. The van der Waals surface area contributed by atoms with Crippen LogP contribution in [0.25, 0.3) is 0 Å². The molecule has 0 aliphatic carbocycles. The van der Waals surface area contributed by atoms with Gasteiger partial charge in [0, 0.05) is 6.42 Å². The minimum Gasteiger partial charge on any atom is -0.395 e. The van der Waals surface area contributed by atoms with Crippen molar-refractivity contribution in [2.24, 2.45) is 0 Å². The Morgan fingerprint density at radius 3 is 3.11 bits per heavy atom. The van der Waals surface area contributed by atoms with Gasteiger partial charge in [-0.2, -0.15) is 15.4 Å². The van der Waals surface area contributed by atoms with E-state index in [1.54, 1.807) is 18.2 Å². The van der Waals surface area contributed by atoms with Crippen LogP contribution in [-0.4, -0.2) is 38.0 Å². The second kappa shape index (κ2) is 6.28. The molecule has 0 aliphatic heterocycles. The van der Waals surface area contributed by atoms with Gasteiger partial charge in [-0.05, 0) is 18.1 Å². The number of aliphatic hydroxyl groups excluding tert-OH is 1. The first kappa shape index (κ1) is 12.7. The zero-order valence-corrected chi connectivity index (χ0v) is 9.92. The molecule has 2 rings (SSSR count). The van der Waals surface area contributed by atoms with E-state index in [0.29, 0.717) is 17.9 Å². The predicted octanol–water partition coefficient (Wildman–Crippen LogP) is 0.186. The average molecular weight is 257 g/mol. The summed E-state index contributed by atoms with van der Waals surface area (Å²) in [5, 5.41) is 20.8. The highest BCUT2D eigenvalue weighted by Gasteiger charge is 2.09. The van der Waals surface area contributed by atoms with Crippen LogP contribution in [0.4, 0.5) is 5.82 Å². The first-order valence-corrected chi connectivity index (χ1v) is 5.53. The molecule has 0 aromatic carbocycles. The smallest absolute Gasteiger partial charge is 0.278 e. The third-order valence-electron chi connectivity index (χ3n) is 2.09. The minimum absolute atomic E-state index is 0.00951. The summed E-state index contributed by atoms with van der Waals surface area (Å²) in [5.74, 6) is 5.52. The summed E-state index contributed by atoms with van der Waals surface area (Å²) >= 11 is 0. The Labute approximate surface area is 109 Å². The van der Waals surface area contributed by atoms with Gasteiger partial charge in [-0.15, -0.1) is 0 Å². The Bertz CT molecular complexity index is 613. The number of carbonyl (C=O) groups is 1. The lowest BCUT2D eigenvalue weighted by Crippen LogP contribution is -2.13. The van der Waals surface area contributed by atoms with Crippen LogP contribution in [0, 0.1) is 11.8 Å². The summed E-state index contributed by atoms with van der Waals surface area (Å²) in [6, 6.07) is 5.10. The molecule has 19 heavy (non-hydrogen) atoms. The van der Waals surface area contributed by atoms with E-state index in [1.165, 1.54) is 6.20 Å². The highest BCUT2D eigenvalue weighted by Crippen LogP contribution is 2.05. The summed E-state index contributed by atoms with van der Waals surface area (Å²) in [6.45, 7) is 0.00951. The van der Waals surface area contributed by atoms with Crippen LogP contribution < -0.4 is 5.32 Å². The third kappa shape index (κ3) is 3.62. The molecule has 7 nitrogen and oxygen atoms in total. The number of aliphatic hydroxyl groups is 1. The van der Waals surface area contributed by atoms with Crippen LogP contribution in [0.1, 0.15) is 22.6 Å². The number of hydrogen-bond donors (Lipinski definition) is 3. The van der Waals surface area contributed by atoms with Gasteiger partial charge in [0.2, 0.25) is 0 Å². The standard InChI is InChI=1S/C12H11N5O2/c18-7-2-1-4-9-5-3-6-11(14-9)15-12(19)10-8-13-17-16-10/h3,5-6,8,18H,2,7H2,(H,13,16,17)(H,14,15,19). The Kier molecular flexibility index (Phi) is 4.21. The van der Waals surface area contributed by atoms with E-state index in [2.05, 4.69) is 37.6 Å². The molecule has 0 fully saturated rings. The summed E-state index contributed by atoms with van der Waals surface area (Å²) in [4.78, 5) is 15.9. The molecular formula is C12H11N5O2. The van der Waals surface area contributed by atoms with Crippen molar-refractivity contribution in [3.63, 3.8) is 0 Å². The maximum atomic E-state index is 11.7. The molecule has 0 saturated carbocycles. The van der Waals surface area contributed by atoms with Crippen molar-refractivity contribution in [3.8, 4) is 11.8 Å². The number of amides is 1. The number of carbonyl (C=O) groups excluding carboxylic acids is 1. The van der Waals surface area contributed by atoms with Gasteiger partial charge in [0.05, 0.1) is 12.8 Å².